The van der Waals surface area contributed by atoms with E-state index in [1.165, 1.54) is 11.1 Å². The maximum Gasteiger partial charge on any atom is 0.0346 e. The van der Waals surface area contributed by atoms with Crippen LogP contribution in [-0.4, -0.2) is 5.48 Å². The smallest absolute Gasteiger partial charge is 0.0346 e. The number of hydrogen-bond donors (Lipinski definition) is 1. The van der Waals surface area contributed by atoms with Crippen molar-refractivity contribution in [3.63, 3.8) is 0 Å². The van der Waals surface area contributed by atoms with Gasteiger partial charge in [0.05, 0.1) is 0 Å². The van der Waals surface area contributed by atoms with E-state index < -0.39 is 0 Å². The number of rotatable bonds is 0. The molecule has 0 spiro atoms. The van der Waals surface area contributed by atoms with E-state index in [9.17, 15) is 0 Å². The second-order valence-corrected chi connectivity index (χ2v) is 2.29. The second-order valence-electron chi connectivity index (χ2n) is 2.29. The first-order chi connectivity index (χ1) is 4.22. The molecule has 10 heavy (non-hydrogen) atoms. The number of anilines is 1. The molecule has 0 amide bonds. The van der Waals surface area contributed by atoms with Crippen molar-refractivity contribution in [1.82, 2.24) is 0 Å². The standard InChI is InChI=1S/C8H11N.H2O/c1-6-4-3-5-8(9)7(6)2;/h3-5H,9H2,1-2H3;1H2. The molecule has 0 atom stereocenters. The summed E-state index contributed by atoms with van der Waals surface area (Å²) in [4.78, 5) is 0. The van der Waals surface area contributed by atoms with Crippen molar-refractivity contribution in [2.45, 2.75) is 13.8 Å². The lowest BCUT2D eigenvalue weighted by Gasteiger charge is -2.00. The van der Waals surface area contributed by atoms with E-state index in [4.69, 9.17) is 5.73 Å². The fourth-order valence-electron chi connectivity index (χ4n) is 0.774. The summed E-state index contributed by atoms with van der Waals surface area (Å²) in [5, 5.41) is 0. The van der Waals surface area contributed by atoms with Crippen molar-refractivity contribution < 1.29 is 5.48 Å². The molecule has 0 aliphatic carbocycles. The number of aryl methyl sites for hydroxylation is 1. The third-order valence-electron chi connectivity index (χ3n) is 1.65. The van der Waals surface area contributed by atoms with Crippen LogP contribution in [0.25, 0.3) is 0 Å². The maximum atomic E-state index is 5.62. The average molecular weight is 139 g/mol. The van der Waals surface area contributed by atoms with Crippen LogP contribution in [0, 0.1) is 13.8 Å². The van der Waals surface area contributed by atoms with Crippen molar-refractivity contribution in [3.05, 3.63) is 29.3 Å². The fourth-order valence-corrected chi connectivity index (χ4v) is 0.774. The van der Waals surface area contributed by atoms with E-state index in [0.717, 1.165) is 5.69 Å². The molecule has 0 aliphatic heterocycles. The van der Waals surface area contributed by atoms with Gasteiger partial charge in [0.2, 0.25) is 0 Å². The van der Waals surface area contributed by atoms with Crippen LogP contribution in [0.4, 0.5) is 5.69 Å². The molecule has 0 unspecified atom stereocenters. The predicted molar refractivity (Wildman–Crippen MR) is 43.9 cm³/mol. The molecular weight excluding hydrogens is 126 g/mol. The Labute approximate surface area is 61.0 Å². The predicted octanol–water partition coefficient (Wildman–Crippen LogP) is 1.06. The molecule has 0 bridgehead atoms. The summed E-state index contributed by atoms with van der Waals surface area (Å²) in [6.07, 6.45) is 0. The minimum Gasteiger partial charge on any atom is -0.412 e. The minimum atomic E-state index is 0. The second kappa shape index (κ2) is 3.22. The van der Waals surface area contributed by atoms with Crippen LogP contribution in [-0.2, 0) is 0 Å². The van der Waals surface area contributed by atoms with Gasteiger partial charge in [-0.1, -0.05) is 12.1 Å². The molecule has 0 heterocycles. The molecule has 56 valence electrons. The molecule has 1 aromatic rings. The van der Waals surface area contributed by atoms with Gasteiger partial charge >= 0.3 is 0 Å². The fraction of sp³-hybridized carbons (Fsp3) is 0.250. The van der Waals surface area contributed by atoms with Gasteiger partial charge in [0.25, 0.3) is 0 Å². The third kappa shape index (κ3) is 1.48. The Bertz CT molecular complexity index is 200. The largest absolute Gasteiger partial charge is 0.412 e. The summed E-state index contributed by atoms with van der Waals surface area (Å²) in [6, 6.07) is 5.95. The van der Waals surface area contributed by atoms with Crippen molar-refractivity contribution in [1.29, 1.82) is 0 Å². The molecule has 2 heteroatoms. The number of hydrogen-bond acceptors (Lipinski definition) is 1. The van der Waals surface area contributed by atoms with Gasteiger partial charge in [-0.2, -0.15) is 0 Å². The molecule has 4 N–H and O–H groups in total. The highest BCUT2D eigenvalue weighted by Gasteiger charge is 1.92. The van der Waals surface area contributed by atoms with Crippen LogP contribution in [0.1, 0.15) is 11.1 Å². The molecule has 0 saturated heterocycles. The lowest BCUT2D eigenvalue weighted by Crippen LogP contribution is -1.90. The van der Waals surface area contributed by atoms with Gasteiger partial charge in [0.15, 0.2) is 0 Å². The van der Waals surface area contributed by atoms with E-state index >= 15 is 0 Å². The Kier molecular flexibility index (Phi) is 2.90. The summed E-state index contributed by atoms with van der Waals surface area (Å²) in [7, 11) is 0. The number of nitrogen functional groups attached to an aromatic ring is 1. The SMILES string of the molecule is Cc1cccc(N)c1C.O. The summed E-state index contributed by atoms with van der Waals surface area (Å²) in [5.74, 6) is 0. The molecule has 0 radical (unpaired) electrons. The minimum absolute atomic E-state index is 0. The molecule has 0 aromatic heterocycles. The van der Waals surface area contributed by atoms with E-state index in [1.54, 1.807) is 0 Å². The van der Waals surface area contributed by atoms with Gasteiger partial charge in [-0.3, -0.25) is 0 Å². The topological polar surface area (TPSA) is 57.5 Å². The third-order valence-corrected chi connectivity index (χ3v) is 1.65. The van der Waals surface area contributed by atoms with Crippen LogP contribution in [0.3, 0.4) is 0 Å². The zero-order chi connectivity index (χ0) is 6.85. The van der Waals surface area contributed by atoms with Gasteiger partial charge in [0.1, 0.15) is 0 Å². The van der Waals surface area contributed by atoms with Gasteiger partial charge in [0, 0.05) is 5.69 Å². The van der Waals surface area contributed by atoms with Crippen molar-refractivity contribution >= 4 is 5.69 Å². The molecule has 0 aliphatic rings. The maximum absolute atomic E-state index is 5.62. The highest BCUT2D eigenvalue weighted by Crippen LogP contribution is 2.13. The van der Waals surface area contributed by atoms with Crippen LogP contribution in [0.2, 0.25) is 0 Å². The Morgan fingerprint density at radius 2 is 1.80 bits per heavy atom. The number of nitrogens with two attached hydrogens (primary N) is 1. The van der Waals surface area contributed by atoms with Crippen LogP contribution >= 0.6 is 0 Å². The lowest BCUT2D eigenvalue weighted by molar-refractivity contribution is 0.824. The van der Waals surface area contributed by atoms with Gasteiger partial charge in [-0.25, -0.2) is 0 Å². The van der Waals surface area contributed by atoms with Gasteiger partial charge in [-0.05, 0) is 31.0 Å². The Balaban J connectivity index is 0.000000810. The van der Waals surface area contributed by atoms with Crippen LogP contribution < -0.4 is 5.73 Å². The molecular formula is C8H13NO. The van der Waals surface area contributed by atoms with Crippen LogP contribution in [0.15, 0.2) is 18.2 Å². The monoisotopic (exact) mass is 139 g/mol. The first kappa shape index (κ1) is 8.98. The zero-order valence-electron chi connectivity index (χ0n) is 6.31. The summed E-state index contributed by atoms with van der Waals surface area (Å²) >= 11 is 0. The molecule has 1 aromatic carbocycles. The molecule has 0 saturated carbocycles. The normalized spacial score (nSPS) is 8.60. The van der Waals surface area contributed by atoms with Crippen molar-refractivity contribution in [3.8, 4) is 0 Å². The first-order valence-electron chi connectivity index (χ1n) is 3.03. The van der Waals surface area contributed by atoms with Crippen LogP contribution in [0.5, 0.6) is 0 Å². The van der Waals surface area contributed by atoms with E-state index in [0.29, 0.717) is 0 Å². The van der Waals surface area contributed by atoms with Crippen molar-refractivity contribution in [2.24, 2.45) is 0 Å². The molecule has 1 rings (SSSR count). The summed E-state index contributed by atoms with van der Waals surface area (Å²) in [6.45, 7) is 4.09. The van der Waals surface area contributed by atoms with E-state index in [2.05, 4.69) is 13.0 Å². The Hall–Kier alpha value is -1.02. The highest BCUT2D eigenvalue weighted by atomic mass is 16.0. The summed E-state index contributed by atoms with van der Waals surface area (Å²) < 4.78 is 0. The van der Waals surface area contributed by atoms with E-state index in [1.807, 2.05) is 19.1 Å². The van der Waals surface area contributed by atoms with Crippen molar-refractivity contribution in [2.75, 3.05) is 5.73 Å². The van der Waals surface area contributed by atoms with Gasteiger partial charge in [-0.15, -0.1) is 0 Å². The highest BCUT2D eigenvalue weighted by molar-refractivity contribution is 5.49. The average Bonchev–Trinajstić information content (AvgIpc) is 1.83. The molecule has 2 nitrogen and oxygen atoms in total. The quantitative estimate of drug-likeness (QED) is 0.537. The van der Waals surface area contributed by atoms with Gasteiger partial charge < -0.3 is 11.2 Å². The first-order valence-corrected chi connectivity index (χ1v) is 3.03. The Morgan fingerprint density at radius 1 is 1.20 bits per heavy atom. The lowest BCUT2D eigenvalue weighted by atomic mass is 10.1. The zero-order valence-corrected chi connectivity index (χ0v) is 6.31. The Morgan fingerprint density at radius 3 is 2.20 bits per heavy atom. The summed E-state index contributed by atoms with van der Waals surface area (Å²) in [5.41, 5.74) is 8.96. The number of benzene rings is 1. The molecule has 0 fully saturated rings. The van der Waals surface area contributed by atoms with E-state index in [-0.39, 0.29) is 5.48 Å².